The fourth-order valence-electron chi connectivity index (χ4n) is 3.52. The van der Waals surface area contributed by atoms with Gasteiger partial charge in [0.25, 0.3) is 0 Å². The van der Waals surface area contributed by atoms with E-state index in [1.165, 1.54) is 25.3 Å². The molecule has 114 valence electrons. The van der Waals surface area contributed by atoms with Gasteiger partial charge in [0.2, 0.25) is 5.91 Å². The number of halogens is 2. The highest BCUT2D eigenvalue weighted by Gasteiger charge is 2.34. The molecule has 21 heavy (non-hydrogen) atoms. The topological polar surface area (TPSA) is 41.1 Å². The van der Waals surface area contributed by atoms with E-state index in [2.05, 4.69) is 26.6 Å². The fraction of sp³-hybridized carbons (Fsp3) is 0.562. The second-order valence-electron chi connectivity index (χ2n) is 6.06. The maximum atomic E-state index is 13.7. The highest BCUT2D eigenvalue weighted by molar-refractivity contribution is 9.10. The number of hydrogen-bond acceptors (Lipinski definition) is 2. The molecule has 2 N–H and O–H groups in total. The molecule has 3 nitrogen and oxygen atoms in total. The summed E-state index contributed by atoms with van der Waals surface area (Å²) >= 11 is 3.29. The SMILES string of the molecule is O=C(Nc1cc(Br)ccc1F)C1CCC2CCCCC2N1. The minimum Gasteiger partial charge on any atom is -0.322 e. The van der Waals surface area contributed by atoms with Crippen LogP contribution in [0.25, 0.3) is 0 Å². The summed E-state index contributed by atoms with van der Waals surface area (Å²) in [6.45, 7) is 0. The third-order valence-electron chi connectivity index (χ3n) is 4.65. The minimum atomic E-state index is -0.405. The Morgan fingerprint density at radius 1 is 1.24 bits per heavy atom. The molecule has 3 rings (SSSR count). The summed E-state index contributed by atoms with van der Waals surface area (Å²) in [7, 11) is 0. The van der Waals surface area contributed by atoms with E-state index in [0.29, 0.717) is 12.0 Å². The van der Waals surface area contributed by atoms with Crippen molar-refractivity contribution in [2.24, 2.45) is 5.92 Å². The average Bonchev–Trinajstić information content (AvgIpc) is 2.50. The van der Waals surface area contributed by atoms with E-state index in [-0.39, 0.29) is 17.6 Å². The number of anilines is 1. The molecule has 0 radical (unpaired) electrons. The predicted octanol–water partition coefficient (Wildman–Crippen LogP) is 3.84. The Bertz CT molecular complexity index is 537. The van der Waals surface area contributed by atoms with Gasteiger partial charge in [-0.3, -0.25) is 4.79 Å². The summed E-state index contributed by atoms with van der Waals surface area (Å²) in [5.74, 6) is 0.180. The molecule has 0 spiro atoms. The normalized spacial score (nSPS) is 28.8. The first-order valence-corrected chi connectivity index (χ1v) is 8.45. The first-order valence-electron chi connectivity index (χ1n) is 7.65. The van der Waals surface area contributed by atoms with Crippen LogP contribution in [-0.2, 0) is 4.79 Å². The van der Waals surface area contributed by atoms with Crippen LogP contribution in [-0.4, -0.2) is 18.0 Å². The minimum absolute atomic E-state index is 0.129. The van der Waals surface area contributed by atoms with Crippen molar-refractivity contribution in [3.05, 3.63) is 28.5 Å². The summed E-state index contributed by atoms with van der Waals surface area (Å²) in [6, 6.07) is 4.82. The molecule has 2 fully saturated rings. The Morgan fingerprint density at radius 3 is 2.90 bits per heavy atom. The van der Waals surface area contributed by atoms with Gasteiger partial charge in [-0.1, -0.05) is 28.8 Å². The quantitative estimate of drug-likeness (QED) is 0.847. The van der Waals surface area contributed by atoms with Crippen LogP contribution in [0.2, 0.25) is 0 Å². The maximum Gasteiger partial charge on any atom is 0.241 e. The monoisotopic (exact) mass is 354 g/mol. The van der Waals surface area contributed by atoms with Crippen molar-refractivity contribution in [1.82, 2.24) is 5.32 Å². The predicted molar refractivity (Wildman–Crippen MR) is 84.6 cm³/mol. The number of nitrogens with one attached hydrogen (secondary N) is 2. The number of fused-ring (bicyclic) bond motifs is 1. The third kappa shape index (κ3) is 3.46. The molecule has 2 aliphatic rings. The van der Waals surface area contributed by atoms with Crippen LogP contribution in [0.3, 0.4) is 0 Å². The van der Waals surface area contributed by atoms with Crippen LogP contribution in [0.1, 0.15) is 38.5 Å². The Hall–Kier alpha value is -0.940. The molecule has 3 atom stereocenters. The van der Waals surface area contributed by atoms with Crippen LogP contribution in [0.15, 0.2) is 22.7 Å². The van der Waals surface area contributed by atoms with Crippen molar-refractivity contribution in [3.8, 4) is 0 Å². The van der Waals surface area contributed by atoms with Gasteiger partial charge in [0.15, 0.2) is 0 Å². The van der Waals surface area contributed by atoms with E-state index in [9.17, 15) is 9.18 Å². The molecular weight excluding hydrogens is 335 g/mol. The molecule has 1 aliphatic heterocycles. The zero-order valence-electron chi connectivity index (χ0n) is 11.9. The number of hydrogen-bond donors (Lipinski definition) is 2. The largest absolute Gasteiger partial charge is 0.322 e. The number of amides is 1. The van der Waals surface area contributed by atoms with Gasteiger partial charge in [-0.2, -0.15) is 0 Å². The Labute approximate surface area is 132 Å². The zero-order valence-corrected chi connectivity index (χ0v) is 13.5. The fourth-order valence-corrected chi connectivity index (χ4v) is 3.88. The molecule has 1 saturated carbocycles. The maximum absolute atomic E-state index is 13.7. The Balaban J connectivity index is 1.64. The van der Waals surface area contributed by atoms with Crippen molar-refractivity contribution in [3.63, 3.8) is 0 Å². The smallest absolute Gasteiger partial charge is 0.241 e. The van der Waals surface area contributed by atoms with Gasteiger partial charge in [0.1, 0.15) is 5.82 Å². The summed E-state index contributed by atoms with van der Waals surface area (Å²) in [4.78, 5) is 12.3. The van der Waals surface area contributed by atoms with Crippen molar-refractivity contribution >= 4 is 27.5 Å². The molecule has 1 saturated heterocycles. The molecule has 3 unspecified atom stereocenters. The molecule has 0 bridgehead atoms. The summed E-state index contributed by atoms with van der Waals surface area (Å²) in [5, 5.41) is 6.17. The van der Waals surface area contributed by atoms with Gasteiger partial charge in [-0.05, 0) is 49.8 Å². The van der Waals surface area contributed by atoms with Crippen molar-refractivity contribution < 1.29 is 9.18 Å². The van der Waals surface area contributed by atoms with Gasteiger partial charge in [-0.15, -0.1) is 0 Å². The lowest BCUT2D eigenvalue weighted by Crippen LogP contribution is -2.53. The van der Waals surface area contributed by atoms with Crippen LogP contribution in [0.4, 0.5) is 10.1 Å². The number of carbonyl (C=O) groups is 1. The standard InChI is InChI=1S/C16H20BrFN2O/c17-11-6-7-12(18)15(9-11)20-16(21)14-8-5-10-3-1-2-4-13(10)19-14/h6-7,9-10,13-14,19H,1-5,8H2,(H,20,21). The molecule has 1 aromatic carbocycles. The molecular formula is C16H20BrFN2O. The van der Waals surface area contributed by atoms with Crippen LogP contribution in [0, 0.1) is 11.7 Å². The second-order valence-corrected chi connectivity index (χ2v) is 6.98. The molecule has 0 aromatic heterocycles. The van der Waals surface area contributed by atoms with Crippen LogP contribution in [0.5, 0.6) is 0 Å². The van der Waals surface area contributed by atoms with Crippen LogP contribution < -0.4 is 10.6 Å². The molecule has 1 aromatic rings. The van der Waals surface area contributed by atoms with Gasteiger partial charge in [0, 0.05) is 10.5 Å². The van der Waals surface area contributed by atoms with E-state index in [1.807, 2.05) is 0 Å². The zero-order chi connectivity index (χ0) is 14.8. The molecule has 5 heteroatoms. The second kappa shape index (κ2) is 6.44. The van der Waals surface area contributed by atoms with E-state index in [0.717, 1.165) is 23.7 Å². The number of piperidine rings is 1. The summed E-state index contributed by atoms with van der Waals surface area (Å²) < 4.78 is 14.5. The van der Waals surface area contributed by atoms with Crippen molar-refractivity contribution in [2.75, 3.05) is 5.32 Å². The summed E-state index contributed by atoms with van der Waals surface area (Å²) in [6.07, 6.45) is 6.90. The van der Waals surface area contributed by atoms with Gasteiger partial charge >= 0.3 is 0 Å². The lowest BCUT2D eigenvalue weighted by Gasteiger charge is -2.39. The summed E-state index contributed by atoms with van der Waals surface area (Å²) in [5.41, 5.74) is 0.238. The van der Waals surface area contributed by atoms with Crippen LogP contribution >= 0.6 is 15.9 Å². The van der Waals surface area contributed by atoms with E-state index in [4.69, 9.17) is 0 Å². The lowest BCUT2D eigenvalue weighted by atomic mass is 9.77. The first kappa shape index (κ1) is 15.0. The molecule has 1 heterocycles. The van der Waals surface area contributed by atoms with Gasteiger partial charge < -0.3 is 10.6 Å². The highest BCUT2D eigenvalue weighted by atomic mass is 79.9. The Kier molecular flexibility index (Phi) is 4.60. The first-order chi connectivity index (χ1) is 10.1. The Morgan fingerprint density at radius 2 is 2.05 bits per heavy atom. The number of benzene rings is 1. The molecule has 1 aliphatic carbocycles. The van der Waals surface area contributed by atoms with Gasteiger partial charge in [0.05, 0.1) is 11.7 Å². The number of carbonyl (C=O) groups excluding carboxylic acids is 1. The van der Waals surface area contributed by atoms with Crippen molar-refractivity contribution in [2.45, 2.75) is 50.6 Å². The lowest BCUT2D eigenvalue weighted by molar-refractivity contribution is -0.119. The van der Waals surface area contributed by atoms with Crippen molar-refractivity contribution in [1.29, 1.82) is 0 Å². The average molecular weight is 355 g/mol. The van der Waals surface area contributed by atoms with E-state index >= 15 is 0 Å². The highest BCUT2D eigenvalue weighted by Crippen LogP contribution is 2.32. The van der Waals surface area contributed by atoms with E-state index in [1.54, 1.807) is 12.1 Å². The van der Waals surface area contributed by atoms with E-state index < -0.39 is 5.82 Å². The van der Waals surface area contributed by atoms with Gasteiger partial charge in [-0.25, -0.2) is 4.39 Å². The third-order valence-corrected chi connectivity index (χ3v) is 5.15. The molecule has 1 amide bonds. The number of rotatable bonds is 2.